The van der Waals surface area contributed by atoms with Crippen LogP contribution in [-0.2, 0) is 10.0 Å². The third kappa shape index (κ3) is 5.87. The smallest absolute Gasteiger partial charge is 0.258 e. The Morgan fingerprint density at radius 2 is 1.84 bits per heavy atom. The number of nitrogens with one attached hydrogen (secondary N) is 2. The van der Waals surface area contributed by atoms with Crippen molar-refractivity contribution in [2.45, 2.75) is 45.6 Å². The van der Waals surface area contributed by atoms with Crippen LogP contribution < -0.4 is 19.8 Å². The predicted octanol–water partition coefficient (Wildman–Crippen LogP) is 1.97. The van der Waals surface area contributed by atoms with Crippen LogP contribution in [0.5, 0.6) is 0 Å². The summed E-state index contributed by atoms with van der Waals surface area (Å²) in [6.45, 7) is 6.04. The highest BCUT2D eigenvalue weighted by molar-refractivity contribution is 7.92. The quantitative estimate of drug-likeness (QED) is 0.372. The van der Waals surface area contributed by atoms with E-state index in [0.717, 1.165) is 25.9 Å². The van der Waals surface area contributed by atoms with Crippen LogP contribution in [-0.4, -0.2) is 79.1 Å². The lowest BCUT2D eigenvalue weighted by molar-refractivity contribution is 0.102. The molecular weight excluding hydrogens is 508 g/mol. The molecule has 1 spiro atoms. The molecule has 4 N–H and O–H groups in total. The highest BCUT2D eigenvalue weighted by atomic mass is 32.2. The van der Waals surface area contributed by atoms with Gasteiger partial charge in [-0.05, 0) is 63.1 Å². The van der Waals surface area contributed by atoms with Gasteiger partial charge in [0, 0.05) is 43.9 Å². The van der Waals surface area contributed by atoms with E-state index in [1.54, 1.807) is 31.2 Å². The van der Waals surface area contributed by atoms with E-state index in [1.807, 2.05) is 11.8 Å². The van der Waals surface area contributed by atoms with Gasteiger partial charge >= 0.3 is 0 Å². The molecule has 1 aliphatic carbocycles. The highest BCUT2D eigenvalue weighted by Gasteiger charge is 2.44. The van der Waals surface area contributed by atoms with Crippen LogP contribution in [0.15, 0.2) is 24.3 Å². The summed E-state index contributed by atoms with van der Waals surface area (Å²) in [6, 6.07) is 6.59. The van der Waals surface area contributed by atoms with E-state index in [4.69, 9.17) is 5.11 Å². The normalized spacial score (nSPS) is 19.7. The molecule has 38 heavy (non-hydrogen) atoms. The van der Waals surface area contributed by atoms with Gasteiger partial charge in [-0.1, -0.05) is 0 Å². The summed E-state index contributed by atoms with van der Waals surface area (Å²) in [5.74, 6) is 0.323. The van der Waals surface area contributed by atoms with Gasteiger partial charge in [0.25, 0.3) is 5.91 Å². The first-order valence-electron chi connectivity index (χ1n) is 13.2. The Hall–Kier alpha value is -2.96. The van der Waals surface area contributed by atoms with Crippen LogP contribution in [0.3, 0.4) is 0 Å². The molecule has 3 aliphatic rings. The number of carbonyl (C=O) groups excluding carboxylic acids is 1. The van der Waals surface area contributed by atoms with Crippen LogP contribution in [0.25, 0.3) is 0 Å². The Morgan fingerprint density at radius 1 is 1.13 bits per heavy atom. The highest BCUT2D eigenvalue weighted by Crippen LogP contribution is 2.54. The number of benzene rings is 1. The number of carbonyl (C=O) groups is 1. The minimum atomic E-state index is -3.70. The van der Waals surface area contributed by atoms with Gasteiger partial charge in [0.2, 0.25) is 16.0 Å². The molecule has 1 saturated carbocycles. The average molecular weight is 545 g/mol. The molecule has 206 valence electrons. The van der Waals surface area contributed by atoms with Crippen molar-refractivity contribution in [2.75, 3.05) is 58.4 Å². The lowest BCUT2D eigenvalue weighted by Crippen LogP contribution is -2.52. The van der Waals surface area contributed by atoms with Crippen molar-refractivity contribution in [3.05, 3.63) is 35.5 Å². The van der Waals surface area contributed by atoms with E-state index in [-0.39, 0.29) is 11.8 Å². The minimum Gasteiger partial charge on any atom is -0.395 e. The Labute approximate surface area is 223 Å². The zero-order chi connectivity index (χ0) is 27.1. The number of piperidine rings is 1. The molecule has 12 heteroatoms. The molecular formula is C26H36N6O5S. The molecule has 2 aromatic rings. The third-order valence-electron chi connectivity index (χ3n) is 7.96. The largest absolute Gasteiger partial charge is 0.395 e. The maximum Gasteiger partial charge on any atom is 0.258 e. The summed E-state index contributed by atoms with van der Waals surface area (Å²) in [6.07, 6.45) is 4.20. The zero-order valence-corrected chi connectivity index (χ0v) is 22.7. The number of hydrogen-bond donors (Lipinski definition) is 4. The number of aliphatic hydroxyl groups is 2. The molecule has 1 amide bonds. The van der Waals surface area contributed by atoms with E-state index < -0.39 is 28.5 Å². The molecule has 2 aliphatic heterocycles. The summed E-state index contributed by atoms with van der Waals surface area (Å²) in [5.41, 5.74) is 2.60. The maximum atomic E-state index is 13.5. The van der Waals surface area contributed by atoms with Gasteiger partial charge in [-0.25, -0.2) is 13.4 Å². The molecule has 1 aromatic carbocycles. The van der Waals surface area contributed by atoms with Crippen LogP contribution in [0.2, 0.25) is 0 Å². The number of sulfonamides is 1. The topological polar surface area (TPSA) is 148 Å². The number of aliphatic hydroxyl groups excluding tert-OH is 2. The average Bonchev–Trinajstić information content (AvgIpc) is 3.56. The predicted molar refractivity (Wildman–Crippen MR) is 146 cm³/mol. The van der Waals surface area contributed by atoms with Crippen molar-refractivity contribution in [2.24, 2.45) is 11.3 Å². The van der Waals surface area contributed by atoms with Crippen molar-refractivity contribution in [1.29, 1.82) is 0 Å². The van der Waals surface area contributed by atoms with E-state index in [0.29, 0.717) is 52.9 Å². The van der Waals surface area contributed by atoms with Gasteiger partial charge in [-0.3, -0.25) is 9.52 Å². The molecule has 0 radical (unpaired) electrons. The molecule has 3 heterocycles. The Bertz CT molecular complexity index is 1300. The first-order valence-corrected chi connectivity index (χ1v) is 14.8. The SMILES string of the molecule is Cc1cc(NC(=O)c2ccc(NS(=O)(=O)CCO)cc2N2CCC3(CC2)CC3)nc(N2CC([C@H](C)O)C2)n1. The van der Waals surface area contributed by atoms with Crippen LogP contribution in [0.4, 0.5) is 23.1 Å². The van der Waals surface area contributed by atoms with E-state index in [1.165, 1.54) is 12.8 Å². The second-order valence-electron chi connectivity index (χ2n) is 10.9. The molecule has 11 nitrogen and oxygen atoms in total. The van der Waals surface area contributed by atoms with Crippen LogP contribution in [0, 0.1) is 18.3 Å². The van der Waals surface area contributed by atoms with Gasteiger partial charge in [-0.2, -0.15) is 4.98 Å². The Kier molecular flexibility index (Phi) is 7.23. The maximum absolute atomic E-state index is 13.5. The second kappa shape index (κ2) is 10.3. The molecule has 1 atom stereocenters. The van der Waals surface area contributed by atoms with Gasteiger partial charge in [0.05, 0.1) is 35.4 Å². The molecule has 3 fully saturated rings. The molecule has 0 unspecified atom stereocenters. The van der Waals surface area contributed by atoms with Gasteiger partial charge in [0.15, 0.2) is 0 Å². The van der Waals surface area contributed by atoms with E-state index in [2.05, 4.69) is 24.9 Å². The summed E-state index contributed by atoms with van der Waals surface area (Å²) >= 11 is 0. The summed E-state index contributed by atoms with van der Waals surface area (Å²) < 4.78 is 27.0. The fraction of sp³-hybridized carbons (Fsp3) is 0.577. The number of aryl methyl sites for hydroxylation is 1. The Morgan fingerprint density at radius 3 is 2.47 bits per heavy atom. The lowest BCUT2D eigenvalue weighted by Gasteiger charge is -2.40. The third-order valence-corrected chi connectivity index (χ3v) is 9.22. The van der Waals surface area contributed by atoms with E-state index >= 15 is 0 Å². The number of hydrogen-bond acceptors (Lipinski definition) is 9. The van der Waals surface area contributed by atoms with Crippen LogP contribution >= 0.6 is 0 Å². The van der Waals surface area contributed by atoms with Gasteiger partial charge in [0.1, 0.15) is 5.82 Å². The standard InChI is InChI=1S/C26H36N6O5S/c1-17-13-23(29-25(27-17)32-15-19(16-32)18(2)34)28-24(35)21-4-3-20(30-38(36,37)12-11-33)14-22(21)31-9-7-26(5-6-26)8-10-31/h3-4,13-14,18-19,30,33-34H,5-12,15-16H2,1-2H3,(H,27,28,29,35)/t18-/m0/s1. The number of aromatic nitrogens is 2. The summed E-state index contributed by atoms with van der Waals surface area (Å²) in [4.78, 5) is 26.7. The fourth-order valence-electron chi connectivity index (χ4n) is 5.22. The zero-order valence-electron chi connectivity index (χ0n) is 21.9. The van der Waals surface area contributed by atoms with Gasteiger partial charge < -0.3 is 25.3 Å². The fourth-order valence-corrected chi connectivity index (χ4v) is 6.05. The van der Waals surface area contributed by atoms with Crippen molar-refractivity contribution < 1.29 is 23.4 Å². The van der Waals surface area contributed by atoms with Crippen molar-refractivity contribution in [3.8, 4) is 0 Å². The number of rotatable bonds is 9. The van der Waals surface area contributed by atoms with Crippen molar-refractivity contribution >= 4 is 39.1 Å². The first kappa shape index (κ1) is 26.6. The number of nitrogens with zero attached hydrogens (tertiary/aromatic N) is 4. The minimum absolute atomic E-state index is 0.173. The molecule has 5 rings (SSSR count). The Balaban J connectivity index is 1.38. The summed E-state index contributed by atoms with van der Waals surface area (Å²) in [5, 5.41) is 21.8. The number of amides is 1. The number of anilines is 4. The molecule has 2 saturated heterocycles. The van der Waals surface area contributed by atoms with Gasteiger partial charge in [-0.15, -0.1) is 0 Å². The van der Waals surface area contributed by atoms with E-state index in [9.17, 15) is 18.3 Å². The first-order chi connectivity index (χ1) is 18.1. The molecule has 0 bridgehead atoms. The lowest BCUT2D eigenvalue weighted by atomic mass is 9.93. The second-order valence-corrected chi connectivity index (χ2v) is 12.8. The van der Waals surface area contributed by atoms with Crippen LogP contribution in [0.1, 0.15) is 48.7 Å². The van der Waals surface area contributed by atoms with Crippen molar-refractivity contribution in [1.82, 2.24) is 9.97 Å². The monoisotopic (exact) mass is 544 g/mol. The molecule has 1 aromatic heterocycles. The van der Waals surface area contributed by atoms with Crippen molar-refractivity contribution in [3.63, 3.8) is 0 Å². The summed E-state index contributed by atoms with van der Waals surface area (Å²) in [7, 11) is -3.70.